The van der Waals surface area contributed by atoms with Gasteiger partial charge in [0.1, 0.15) is 11.6 Å². The number of aromatic nitrogens is 2. The van der Waals surface area contributed by atoms with Gasteiger partial charge in [0.25, 0.3) is 5.91 Å². The summed E-state index contributed by atoms with van der Waals surface area (Å²) in [6.45, 7) is 4.06. The van der Waals surface area contributed by atoms with E-state index >= 15 is 0 Å². The number of carbonyl (C=O) groups excluding carboxylic acids is 1. The first-order valence-corrected chi connectivity index (χ1v) is 8.79. The van der Waals surface area contributed by atoms with Crippen molar-refractivity contribution >= 4 is 29.0 Å². The number of nitrogens with one attached hydrogen (secondary N) is 1. The third kappa shape index (κ3) is 3.97. The van der Waals surface area contributed by atoms with Gasteiger partial charge in [-0.3, -0.25) is 9.63 Å². The van der Waals surface area contributed by atoms with Crippen LogP contribution in [0.4, 0.5) is 11.5 Å². The Morgan fingerprint density at radius 2 is 1.85 bits per heavy atom. The summed E-state index contributed by atoms with van der Waals surface area (Å²) in [5, 5.41) is 4.88. The van der Waals surface area contributed by atoms with Crippen LogP contribution in [-0.2, 0) is 4.84 Å². The minimum Gasteiger partial charge on any atom is -0.339 e. The molecule has 3 aromatic rings. The lowest BCUT2D eigenvalue weighted by molar-refractivity contribution is -0.0756. The summed E-state index contributed by atoms with van der Waals surface area (Å²) < 4.78 is 2.06. The summed E-state index contributed by atoms with van der Waals surface area (Å²) in [6, 6.07) is 14.8. The normalized spacial score (nSPS) is 10.7. The average Bonchev–Trinajstić information content (AvgIpc) is 2.99. The van der Waals surface area contributed by atoms with Gasteiger partial charge in [0.15, 0.2) is 0 Å². The van der Waals surface area contributed by atoms with Gasteiger partial charge in [-0.05, 0) is 56.3 Å². The standard InChI is InChI=1S/C20H21ClN4O2/c1-13-8-9-14(2)25(13)19-7-5-6-18(23-19)22-17-12-15(21)10-11-16(17)20(26)24(3)27-4/h5-12H,1-4H3,(H,22,23). The fourth-order valence-corrected chi connectivity index (χ4v) is 3.02. The lowest BCUT2D eigenvalue weighted by atomic mass is 10.1. The maximum Gasteiger partial charge on any atom is 0.279 e. The van der Waals surface area contributed by atoms with Crippen LogP contribution in [0.2, 0.25) is 5.02 Å². The topological polar surface area (TPSA) is 59.4 Å². The monoisotopic (exact) mass is 384 g/mol. The molecule has 0 aliphatic heterocycles. The van der Waals surface area contributed by atoms with Crippen LogP contribution in [0.3, 0.4) is 0 Å². The number of hydrogen-bond donors (Lipinski definition) is 1. The van der Waals surface area contributed by atoms with E-state index in [2.05, 4.69) is 14.9 Å². The average molecular weight is 385 g/mol. The molecule has 3 rings (SSSR count). The molecule has 0 aliphatic carbocycles. The van der Waals surface area contributed by atoms with Gasteiger partial charge in [-0.15, -0.1) is 0 Å². The highest BCUT2D eigenvalue weighted by Gasteiger charge is 2.17. The van der Waals surface area contributed by atoms with E-state index < -0.39 is 0 Å². The molecule has 0 bridgehead atoms. The predicted molar refractivity (Wildman–Crippen MR) is 107 cm³/mol. The van der Waals surface area contributed by atoms with E-state index in [1.807, 2.05) is 44.2 Å². The molecule has 0 unspecified atom stereocenters. The van der Waals surface area contributed by atoms with Crippen LogP contribution >= 0.6 is 11.6 Å². The Morgan fingerprint density at radius 1 is 1.15 bits per heavy atom. The lowest BCUT2D eigenvalue weighted by Gasteiger charge is -2.17. The van der Waals surface area contributed by atoms with Crippen LogP contribution < -0.4 is 5.32 Å². The van der Waals surface area contributed by atoms with Gasteiger partial charge in [0, 0.05) is 23.5 Å². The molecule has 0 radical (unpaired) electrons. The summed E-state index contributed by atoms with van der Waals surface area (Å²) >= 11 is 6.13. The number of pyridine rings is 1. The lowest BCUT2D eigenvalue weighted by Crippen LogP contribution is -2.26. The number of halogens is 1. The first-order valence-electron chi connectivity index (χ1n) is 8.42. The molecule has 1 N–H and O–H groups in total. The van der Waals surface area contributed by atoms with Crippen LogP contribution in [-0.4, -0.2) is 34.7 Å². The zero-order valence-corrected chi connectivity index (χ0v) is 16.4. The van der Waals surface area contributed by atoms with E-state index in [0.29, 0.717) is 22.1 Å². The Bertz CT molecular complexity index is 964. The molecule has 2 aromatic heterocycles. The summed E-state index contributed by atoms with van der Waals surface area (Å²) in [5.41, 5.74) is 3.18. The Labute approximate surface area is 163 Å². The van der Waals surface area contributed by atoms with E-state index in [1.54, 1.807) is 25.2 Å². The van der Waals surface area contributed by atoms with E-state index in [0.717, 1.165) is 22.3 Å². The van der Waals surface area contributed by atoms with Crippen molar-refractivity contribution in [3.05, 3.63) is 70.5 Å². The maximum absolute atomic E-state index is 12.5. The van der Waals surface area contributed by atoms with Gasteiger partial charge in [-0.25, -0.2) is 10.0 Å². The zero-order chi connectivity index (χ0) is 19.6. The maximum atomic E-state index is 12.5. The van der Waals surface area contributed by atoms with Crippen LogP contribution in [0.25, 0.3) is 5.82 Å². The van der Waals surface area contributed by atoms with Crippen molar-refractivity contribution in [2.75, 3.05) is 19.5 Å². The molecule has 1 amide bonds. The van der Waals surface area contributed by atoms with Crippen molar-refractivity contribution in [3.8, 4) is 5.82 Å². The molecule has 140 valence electrons. The number of nitrogens with zero attached hydrogens (tertiary/aromatic N) is 3. The van der Waals surface area contributed by atoms with Gasteiger partial charge in [-0.1, -0.05) is 17.7 Å². The van der Waals surface area contributed by atoms with Crippen molar-refractivity contribution in [2.24, 2.45) is 0 Å². The number of benzene rings is 1. The summed E-state index contributed by atoms with van der Waals surface area (Å²) in [5.74, 6) is 1.12. The number of hydroxylamine groups is 2. The fourth-order valence-electron chi connectivity index (χ4n) is 2.84. The van der Waals surface area contributed by atoms with Gasteiger partial charge in [0.2, 0.25) is 0 Å². The largest absolute Gasteiger partial charge is 0.339 e. The molecule has 2 heterocycles. The molecule has 0 fully saturated rings. The molecule has 27 heavy (non-hydrogen) atoms. The van der Waals surface area contributed by atoms with E-state index in [9.17, 15) is 4.79 Å². The fraction of sp³-hybridized carbons (Fsp3) is 0.200. The second-order valence-corrected chi connectivity index (χ2v) is 6.57. The van der Waals surface area contributed by atoms with Crippen LogP contribution in [0.15, 0.2) is 48.5 Å². The Morgan fingerprint density at radius 3 is 2.52 bits per heavy atom. The number of rotatable bonds is 5. The second kappa shape index (κ2) is 7.82. The van der Waals surface area contributed by atoms with Gasteiger partial charge in [0.05, 0.1) is 18.4 Å². The van der Waals surface area contributed by atoms with Crippen molar-refractivity contribution in [1.29, 1.82) is 0 Å². The van der Waals surface area contributed by atoms with Crippen LogP contribution in [0.1, 0.15) is 21.7 Å². The highest BCUT2D eigenvalue weighted by atomic mass is 35.5. The van der Waals surface area contributed by atoms with Crippen molar-refractivity contribution < 1.29 is 9.63 Å². The number of anilines is 2. The highest BCUT2D eigenvalue weighted by Crippen LogP contribution is 2.26. The Balaban J connectivity index is 1.98. The molecule has 0 atom stereocenters. The molecule has 0 spiro atoms. The number of amides is 1. The minimum absolute atomic E-state index is 0.287. The van der Waals surface area contributed by atoms with Crippen LogP contribution in [0.5, 0.6) is 0 Å². The van der Waals surface area contributed by atoms with Crippen molar-refractivity contribution in [3.63, 3.8) is 0 Å². The van der Waals surface area contributed by atoms with Crippen LogP contribution in [0, 0.1) is 13.8 Å². The molecular formula is C20H21ClN4O2. The highest BCUT2D eigenvalue weighted by molar-refractivity contribution is 6.31. The Kier molecular flexibility index (Phi) is 5.48. The van der Waals surface area contributed by atoms with E-state index in [4.69, 9.17) is 16.4 Å². The number of carbonyl (C=O) groups is 1. The van der Waals surface area contributed by atoms with Crippen molar-refractivity contribution in [2.45, 2.75) is 13.8 Å². The molecule has 6 nitrogen and oxygen atoms in total. The molecule has 0 aliphatic rings. The SMILES string of the molecule is CON(C)C(=O)c1ccc(Cl)cc1Nc1cccc(-n2c(C)ccc2C)n1. The van der Waals surface area contributed by atoms with Crippen molar-refractivity contribution in [1.82, 2.24) is 14.6 Å². The minimum atomic E-state index is -0.287. The number of aryl methyl sites for hydroxylation is 2. The summed E-state index contributed by atoms with van der Waals surface area (Å²) in [6.07, 6.45) is 0. The molecule has 0 saturated heterocycles. The molecule has 7 heteroatoms. The van der Waals surface area contributed by atoms with Gasteiger partial charge < -0.3 is 9.88 Å². The quantitative estimate of drug-likeness (QED) is 0.657. The first kappa shape index (κ1) is 18.9. The number of hydrogen-bond acceptors (Lipinski definition) is 4. The zero-order valence-electron chi connectivity index (χ0n) is 15.7. The van der Waals surface area contributed by atoms with E-state index in [1.165, 1.54) is 7.11 Å². The van der Waals surface area contributed by atoms with Gasteiger partial charge in [-0.2, -0.15) is 0 Å². The third-order valence-electron chi connectivity index (χ3n) is 4.27. The predicted octanol–water partition coefficient (Wildman–Crippen LogP) is 4.52. The second-order valence-electron chi connectivity index (χ2n) is 6.13. The molecular weight excluding hydrogens is 364 g/mol. The summed E-state index contributed by atoms with van der Waals surface area (Å²) in [4.78, 5) is 22.2. The van der Waals surface area contributed by atoms with E-state index in [-0.39, 0.29) is 5.91 Å². The molecule has 0 saturated carbocycles. The third-order valence-corrected chi connectivity index (χ3v) is 4.50. The smallest absolute Gasteiger partial charge is 0.279 e. The van der Waals surface area contributed by atoms with Gasteiger partial charge >= 0.3 is 0 Å². The first-order chi connectivity index (χ1) is 12.9. The summed E-state index contributed by atoms with van der Waals surface area (Å²) in [7, 11) is 2.99. The molecule has 1 aromatic carbocycles. The Hall–Kier alpha value is -2.83.